The van der Waals surface area contributed by atoms with Crippen molar-refractivity contribution >= 4 is 12.2 Å². The fourth-order valence-electron chi connectivity index (χ4n) is 0.902. The maximum atomic E-state index is 5.69. The van der Waals surface area contributed by atoms with E-state index in [4.69, 9.17) is 5.84 Å². The van der Waals surface area contributed by atoms with Gasteiger partial charge in [-0.1, -0.05) is 19.6 Å². The first-order valence-corrected chi connectivity index (χ1v) is 3.76. The molecular formula is C8H12N4. The topological polar surface area (TPSA) is 54.0 Å². The average molecular weight is 164 g/mol. The minimum Gasteiger partial charge on any atom is -0.248 e. The van der Waals surface area contributed by atoms with Crippen LogP contribution >= 0.6 is 0 Å². The van der Waals surface area contributed by atoms with Crippen molar-refractivity contribution < 1.29 is 0 Å². The highest BCUT2D eigenvalue weighted by Crippen LogP contribution is 2.07. The van der Waals surface area contributed by atoms with Gasteiger partial charge in [-0.05, 0) is 6.08 Å². The zero-order valence-electron chi connectivity index (χ0n) is 7.07. The highest BCUT2D eigenvalue weighted by atomic mass is 15.5. The Balaban J connectivity index is 2.87. The van der Waals surface area contributed by atoms with Crippen LogP contribution in [0.5, 0.6) is 0 Å². The van der Waals surface area contributed by atoms with E-state index in [2.05, 4.69) is 16.6 Å². The number of aliphatic imine (C=N–C) groups is 2. The molecule has 12 heavy (non-hydrogen) atoms. The molecular weight excluding hydrogens is 152 g/mol. The summed E-state index contributed by atoms with van der Waals surface area (Å²) in [6, 6.07) is 0. The van der Waals surface area contributed by atoms with Crippen LogP contribution in [0.3, 0.4) is 0 Å². The molecule has 0 bridgehead atoms. The van der Waals surface area contributed by atoms with Crippen molar-refractivity contribution in [2.24, 2.45) is 15.8 Å². The normalized spacial score (nSPS) is 19.7. The van der Waals surface area contributed by atoms with Gasteiger partial charge in [0.15, 0.2) is 0 Å². The van der Waals surface area contributed by atoms with Crippen LogP contribution < -0.4 is 5.84 Å². The van der Waals surface area contributed by atoms with Crippen LogP contribution in [0.4, 0.5) is 0 Å². The van der Waals surface area contributed by atoms with Gasteiger partial charge >= 0.3 is 0 Å². The van der Waals surface area contributed by atoms with Crippen molar-refractivity contribution in [3.05, 3.63) is 24.6 Å². The first-order valence-electron chi connectivity index (χ1n) is 3.76. The Hall–Kier alpha value is -1.42. The zero-order chi connectivity index (χ0) is 8.97. The van der Waals surface area contributed by atoms with Gasteiger partial charge < -0.3 is 0 Å². The summed E-state index contributed by atoms with van der Waals surface area (Å²) < 4.78 is 0. The molecule has 1 aliphatic heterocycles. The zero-order valence-corrected chi connectivity index (χ0v) is 7.07. The lowest BCUT2D eigenvalue weighted by Gasteiger charge is -2.21. The number of hydrazine groups is 1. The summed E-state index contributed by atoms with van der Waals surface area (Å²) in [5.74, 6) is 7.16. The van der Waals surface area contributed by atoms with Crippen molar-refractivity contribution in [3.8, 4) is 0 Å². The van der Waals surface area contributed by atoms with E-state index in [1.165, 1.54) is 11.3 Å². The molecule has 0 amide bonds. The van der Waals surface area contributed by atoms with E-state index in [-0.39, 0.29) is 0 Å². The average Bonchev–Trinajstić information content (AvgIpc) is 2.09. The smallest absolute Gasteiger partial charge is 0.150 e. The molecule has 0 radical (unpaired) electrons. The molecule has 0 aromatic carbocycles. The lowest BCUT2D eigenvalue weighted by Crippen LogP contribution is -2.37. The first-order chi connectivity index (χ1) is 5.79. The van der Waals surface area contributed by atoms with Crippen LogP contribution in [0.1, 0.15) is 13.3 Å². The number of hydrogen-bond acceptors (Lipinski definition) is 4. The number of nitrogens with two attached hydrogens (primary N) is 1. The van der Waals surface area contributed by atoms with E-state index >= 15 is 0 Å². The molecule has 0 aromatic rings. The first kappa shape index (κ1) is 8.67. The van der Waals surface area contributed by atoms with E-state index in [9.17, 15) is 0 Å². The maximum Gasteiger partial charge on any atom is 0.150 e. The van der Waals surface area contributed by atoms with E-state index < -0.39 is 0 Å². The minimum atomic E-state index is 0.664. The van der Waals surface area contributed by atoms with E-state index in [1.54, 1.807) is 12.2 Å². The molecule has 2 N–H and O–H groups in total. The van der Waals surface area contributed by atoms with Gasteiger partial charge in [-0.15, -0.1) is 0 Å². The maximum absolute atomic E-state index is 5.69. The standard InChI is InChI=1S/C8H12N4/c1-3-5-8-11-6-10-7(4-2)12(8)9/h3,5-6H,1,4,9H2,2H3/b8-5-. The number of rotatable bonds is 2. The fraction of sp³-hybridized carbons (Fsp3) is 0.250. The third kappa shape index (κ3) is 1.60. The Morgan fingerprint density at radius 2 is 2.50 bits per heavy atom. The highest BCUT2D eigenvalue weighted by molar-refractivity contribution is 5.91. The molecule has 1 heterocycles. The third-order valence-corrected chi connectivity index (χ3v) is 1.50. The molecule has 4 nitrogen and oxygen atoms in total. The summed E-state index contributed by atoms with van der Waals surface area (Å²) in [6.45, 7) is 5.56. The predicted octanol–water partition coefficient (Wildman–Crippen LogP) is 1.04. The number of nitrogens with zero attached hydrogens (tertiary/aromatic N) is 3. The van der Waals surface area contributed by atoms with Crippen molar-refractivity contribution in [3.63, 3.8) is 0 Å². The molecule has 0 saturated heterocycles. The van der Waals surface area contributed by atoms with Crippen LogP contribution in [0, 0.1) is 0 Å². The highest BCUT2D eigenvalue weighted by Gasteiger charge is 2.11. The van der Waals surface area contributed by atoms with Gasteiger partial charge in [-0.3, -0.25) is 0 Å². The van der Waals surface area contributed by atoms with Crippen LogP contribution in [0.25, 0.3) is 0 Å². The molecule has 1 rings (SSSR count). The summed E-state index contributed by atoms with van der Waals surface area (Å²) >= 11 is 0. The Bertz CT molecular complexity index is 262. The molecule has 0 atom stereocenters. The molecule has 64 valence electrons. The van der Waals surface area contributed by atoms with Crippen molar-refractivity contribution in [2.75, 3.05) is 0 Å². The summed E-state index contributed by atoms with van der Waals surface area (Å²) in [6.07, 6.45) is 5.67. The van der Waals surface area contributed by atoms with Gasteiger partial charge in [0.05, 0.1) is 0 Å². The fourth-order valence-corrected chi connectivity index (χ4v) is 0.902. The lowest BCUT2D eigenvalue weighted by atomic mass is 10.4. The molecule has 0 unspecified atom stereocenters. The summed E-state index contributed by atoms with van der Waals surface area (Å²) in [4.78, 5) is 7.99. The van der Waals surface area contributed by atoms with Crippen LogP contribution in [-0.4, -0.2) is 17.2 Å². The molecule has 0 aromatic heterocycles. The van der Waals surface area contributed by atoms with Gasteiger partial charge in [0, 0.05) is 6.42 Å². The summed E-state index contributed by atoms with van der Waals surface area (Å²) in [7, 11) is 0. The second-order valence-electron chi connectivity index (χ2n) is 2.27. The molecule has 4 heteroatoms. The summed E-state index contributed by atoms with van der Waals surface area (Å²) in [5.41, 5.74) is 0. The number of amidine groups is 1. The Morgan fingerprint density at radius 1 is 1.75 bits per heavy atom. The van der Waals surface area contributed by atoms with Gasteiger partial charge in [0.25, 0.3) is 0 Å². The van der Waals surface area contributed by atoms with Gasteiger partial charge in [-0.2, -0.15) is 0 Å². The largest absolute Gasteiger partial charge is 0.248 e. The van der Waals surface area contributed by atoms with Crippen LogP contribution in [0.15, 0.2) is 34.5 Å². The Morgan fingerprint density at radius 3 is 3.08 bits per heavy atom. The minimum absolute atomic E-state index is 0.664. The summed E-state index contributed by atoms with van der Waals surface area (Å²) in [5, 5.41) is 1.46. The van der Waals surface area contributed by atoms with E-state index in [0.717, 1.165) is 12.3 Å². The van der Waals surface area contributed by atoms with Crippen molar-refractivity contribution in [1.82, 2.24) is 5.01 Å². The van der Waals surface area contributed by atoms with Crippen molar-refractivity contribution in [1.29, 1.82) is 0 Å². The molecule has 0 fully saturated rings. The van der Waals surface area contributed by atoms with Gasteiger partial charge in [0.2, 0.25) is 0 Å². The predicted molar refractivity (Wildman–Crippen MR) is 50.5 cm³/mol. The number of hydrogen-bond donors (Lipinski definition) is 1. The van der Waals surface area contributed by atoms with E-state index in [0.29, 0.717) is 5.82 Å². The van der Waals surface area contributed by atoms with E-state index in [1.807, 2.05) is 6.92 Å². The third-order valence-electron chi connectivity index (χ3n) is 1.50. The monoisotopic (exact) mass is 164 g/mol. The number of allylic oxidation sites excluding steroid dienone is 2. The van der Waals surface area contributed by atoms with Gasteiger partial charge in [-0.25, -0.2) is 20.8 Å². The molecule has 0 saturated carbocycles. The Labute approximate surface area is 71.8 Å². The van der Waals surface area contributed by atoms with Crippen LogP contribution in [-0.2, 0) is 0 Å². The quantitative estimate of drug-likeness (QED) is 0.620. The van der Waals surface area contributed by atoms with Crippen molar-refractivity contribution in [2.45, 2.75) is 13.3 Å². The lowest BCUT2D eigenvalue weighted by molar-refractivity contribution is 0.523. The Kier molecular flexibility index (Phi) is 2.76. The SMILES string of the molecule is C=C/C=C1/N=CN=C(CC)N1N. The second-order valence-corrected chi connectivity index (χ2v) is 2.27. The molecule has 0 aliphatic carbocycles. The van der Waals surface area contributed by atoms with Gasteiger partial charge in [0.1, 0.15) is 18.0 Å². The van der Waals surface area contributed by atoms with Crippen LogP contribution in [0.2, 0.25) is 0 Å². The molecule has 1 aliphatic rings. The molecule has 0 spiro atoms. The second kappa shape index (κ2) is 3.82.